The Morgan fingerprint density at radius 3 is 2.36 bits per heavy atom. The average Bonchev–Trinajstić information content (AvgIpc) is 2.68. The van der Waals surface area contributed by atoms with E-state index in [0.717, 1.165) is 18.4 Å². The molecule has 0 bridgehead atoms. The molecular weight excluding hydrogens is 358 g/mol. The fourth-order valence-electron chi connectivity index (χ4n) is 3.74. The van der Waals surface area contributed by atoms with E-state index in [2.05, 4.69) is 17.4 Å². The number of aromatic hydroxyl groups is 1. The maximum absolute atomic E-state index is 11.6. The molecule has 0 unspecified atom stereocenters. The van der Waals surface area contributed by atoms with Gasteiger partial charge in [-0.15, -0.1) is 0 Å². The molecule has 3 atom stereocenters. The maximum atomic E-state index is 11.6. The number of nitrogens with one attached hydrogen (secondary N) is 1. The highest BCUT2D eigenvalue weighted by molar-refractivity contribution is 5.73. The lowest BCUT2D eigenvalue weighted by atomic mass is 9.91. The summed E-state index contributed by atoms with van der Waals surface area (Å²) in [4.78, 5) is 11.6. The van der Waals surface area contributed by atoms with Crippen molar-refractivity contribution >= 4 is 5.91 Å². The summed E-state index contributed by atoms with van der Waals surface area (Å²) in [6.07, 6.45) is 1.87. The predicted molar refractivity (Wildman–Crippen MR) is 106 cm³/mol. The third-order valence-electron chi connectivity index (χ3n) is 4.99. The number of carbonyl (C=O) groups is 1. The Balaban J connectivity index is 1.87. The van der Waals surface area contributed by atoms with Crippen molar-refractivity contribution < 1.29 is 24.1 Å². The second kappa shape index (κ2) is 8.97. The number of methoxy groups -OCH3 is 2. The first-order valence-electron chi connectivity index (χ1n) is 9.41. The molecule has 1 amide bonds. The van der Waals surface area contributed by atoms with Gasteiger partial charge in [0, 0.05) is 13.0 Å². The van der Waals surface area contributed by atoms with Gasteiger partial charge in [-0.1, -0.05) is 30.3 Å². The number of benzene rings is 2. The highest BCUT2D eigenvalue weighted by atomic mass is 16.5. The zero-order valence-corrected chi connectivity index (χ0v) is 16.5. The highest BCUT2D eigenvalue weighted by Gasteiger charge is 2.32. The quantitative estimate of drug-likeness (QED) is 0.797. The Morgan fingerprint density at radius 1 is 1.14 bits per heavy atom. The average molecular weight is 385 g/mol. The third-order valence-corrected chi connectivity index (χ3v) is 4.99. The molecule has 0 aliphatic carbocycles. The summed E-state index contributed by atoms with van der Waals surface area (Å²) in [7, 11) is 3.00. The molecule has 28 heavy (non-hydrogen) atoms. The van der Waals surface area contributed by atoms with Crippen molar-refractivity contribution in [2.24, 2.45) is 0 Å². The van der Waals surface area contributed by atoms with E-state index >= 15 is 0 Å². The van der Waals surface area contributed by atoms with Crippen LogP contribution in [0.25, 0.3) is 0 Å². The number of ether oxygens (including phenoxy) is 3. The number of rotatable bonds is 6. The van der Waals surface area contributed by atoms with E-state index in [-0.39, 0.29) is 29.9 Å². The summed E-state index contributed by atoms with van der Waals surface area (Å²) in [6, 6.07) is 13.7. The van der Waals surface area contributed by atoms with Gasteiger partial charge in [0.25, 0.3) is 0 Å². The van der Waals surface area contributed by atoms with Crippen LogP contribution in [0.1, 0.15) is 37.0 Å². The Kier molecular flexibility index (Phi) is 6.41. The molecule has 2 aromatic rings. The first-order chi connectivity index (χ1) is 13.5. The molecule has 6 heteroatoms. The van der Waals surface area contributed by atoms with Crippen LogP contribution in [0.2, 0.25) is 0 Å². The molecule has 0 spiro atoms. The molecule has 1 aliphatic rings. The number of phenols is 1. The van der Waals surface area contributed by atoms with Crippen LogP contribution in [0.5, 0.6) is 17.2 Å². The first kappa shape index (κ1) is 20.0. The van der Waals surface area contributed by atoms with Crippen LogP contribution in [0, 0.1) is 0 Å². The molecular formula is C22H27NO5. The predicted octanol–water partition coefficient (Wildman–Crippen LogP) is 3.38. The van der Waals surface area contributed by atoms with Gasteiger partial charge in [0.05, 0.1) is 26.4 Å². The summed E-state index contributed by atoms with van der Waals surface area (Å²) in [5.74, 6) is 0.576. The van der Waals surface area contributed by atoms with Crippen LogP contribution >= 0.6 is 0 Å². The lowest BCUT2D eigenvalue weighted by Gasteiger charge is -2.36. The van der Waals surface area contributed by atoms with Gasteiger partial charge < -0.3 is 24.6 Å². The fourth-order valence-corrected chi connectivity index (χ4v) is 3.74. The van der Waals surface area contributed by atoms with E-state index in [0.29, 0.717) is 17.9 Å². The van der Waals surface area contributed by atoms with Crippen LogP contribution in [0.4, 0.5) is 0 Å². The zero-order chi connectivity index (χ0) is 20.1. The van der Waals surface area contributed by atoms with Gasteiger partial charge >= 0.3 is 0 Å². The molecule has 1 heterocycles. The van der Waals surface area contributed by atoms with E-state index < -0.39 is 0 Å². The van der Waals surface area contributed by atoms with Gasteiger partial charge in [0.2, 0.25) is 11.7 Å². The van der Waals surface area contributed by atoms with Crippen molar-refractivity contribution in [2.75, 3.05) is 14.2 Å². The monoisotopic (exact) mass is 385 g/mol. The Bertz CT molecular complexity index is 783. The smallest absolute Gasteiger partial charge is 0.217 e. The van der Waals surface area contributed by atoms with Crippen LogP contribution in [0.15, 0.2) is 42.5 Å². The molecule has 6 nitrogen and oxygen atoms in total. The van der Waals surface area contributed by atoms with Crippen molar-refractivity contribution in [3.63, 3.8) is 0 Å². The molecule has 3 rings (SSSR count). The number of carbonyl (C=O) groups excluding carboxylic acids is 1. The van der Waals surface area contributed by atoms with Gasteiger partial charge in [-0.3, -0.25) is 4.79 Å². The van der Waals surface area contributed by atoms with E-state index in [1.54, 1.807) is 12.1 Å². The van der Waals surface area contributed by atoms with Gasteiger partial charge in [-0.2, -0.15) is 0 Å². The molecule has 1 aliphatic heterocycles. The molecule has 150 valence electrons. The Hall–Kier alpha value is -2.73. The highest BCUT2D eigenvalue weighted by Crippen LogP contribution is 2.42. The molecule has 0 aromatic heterocycles. The zero-order valence-electron chi connectivity index (χ0n) is 16.5. The molecule has 2 aromatic carbocycles. The minimum Gasteiger partial charge on any atom is -0.502 e. The third kappa shape index (κ3) is 4.75. The molecule has 2 N–H and O–H groups in total. The van der Waals surface area contributed by atoms with Crippen LogP contribution in [0.3, 0.4) is 0 Å². The Morgan fingerprint density at radius 2 is 1.79 bits per heavy atom. The van der Waals surface area contributed by atoms with Gasteiger partial charge in [-0.25, -0.2) is 0 Å². The Labute approximate surface area is 165 Å². The van der Waals surface area contributed by atoms with Gasteiger partial charge in [-0.05, 0) is 42.5 Å². The van der Waals surface area contributed by atoms with E-state index in [1.807, 2.05) is 18.2 Å². The SMILES string of the molecule is COc1cc([C@H]2C[C@@H](NC(C)=O)C[C@@H](Cc3ccccc3)O2)cc(OC)c1O. The van der Waals surface area contributed by atoms with Crippen molar-refractivity contribution in [3.05, 3.63) is 53.6 Å². The van der Waals surface area contributed by atoms with E-state index in [1.165, 1.54) is 26.7 Å². The topological polar surface area (TPSA) is 77.0 Å². The summed E-state index contributed by atoms with van der Waals surface area (Å²) in [5, 5.41) is 13.2. The summed E-state index contributed by atoms with van der Waals surface area (Å²) >= 11 is 0. The number of hydrogen-bond donors (Lipinski definition) is 2. The maximum Gasteiger partial charge on any atom is 0.217 e. The van der Waals surface area contributed by atoms with Crippen molar-refractivity contribution in [1.29, 1.82) is 0 Å². The standard InChI is InChI=1S/C22H27NO5/c1-14(24)23-17-12-18(9-15-7-5-4-6-8-15)28-19(13-17)16-10-20(26-2)22(25)21(11-16)27-3/h4-8,10-11,17-19,25H,9,12-13H2,1-3H3,(H,23,24)/t17-,18+,19+/m0/s1. The lowest BCUT2D eigenvalue weighted by Crippen LogP contribution is -2.42. The molecule has 1 saturated heterocycles. The van der Waals surface area contributed by atoms with Crippen LogP contribution in [-0.4, -0.2) is 37.4 Å². The minimum atomic E-state index is -0.247. The largest absolute Gasteiger partial charge is 0.502 e. The van der Waals surface area contributed by atoms with Crippen molar-refractivity contribution in [1.82, 2.24) is 5.32 Å². The summed E-state index contributed by atoms with van der Waals surface area (Å²) < 4.78 is 16.9. The van der Waals surface area contributed by atoms with E-state index in [9.17, 15) is 9.90 Å². The number of hydrogen-bond acceptors (Lipinski definition) is 5. The molecule has 0 radical (unpaired) electrons. The van der Waals surface area contributed by atoms with E-state index in [4.69, 9.17) is 14.2 Å². The molecule has 1 fully saturated rings. The number of phenolic OH excluding ortho intramolecular Hbond substituents is 1. The van der Waals surface area contributed by atoms with Gasteiger partial charge in [0.15, 0.2) is 11.5 Å². The normalized spacial score (nSPS) is 21.8. The van der Waals surface area contributed by atoms with Crippen molar-refractivity contribution in [2.45, 2.75) is 44.4 Å². The second-order valence-corrected chi connectivity index (χ2v) is 7.08. The number of amides is 1. The van der Waals surface area contributed by atoms with Crippen LogP contribution < -0.4 is 14.8 Å². The summed E-state index contributed by atoms with van der Waals surface area (Å²) in [5.41, 5.74) is 2.04. The van der Waals surface area contributed by atoms with Crippen molar-refractivity contribution in [3.8, 4) is 17.2 Å². The molecule has 0 saturated carbocycles. The second-order valence-electron chi connectivity index (χ2n) is 7.08. The van der Waals surface area contributed by atoms with Crippen LogP contribution in [-0.2, 0) is 16.0 Å². The fraction of sp³-hybridized carbons (Fsp3) is 0.409. The first-order valence-corrected chi connectivity index (χ1v) is 9.41. The summed E-state index contributed by atoms with van der Waals surface area (Å²) in [6.45, 7) is 1.53. The lowest BCUT2D eigenvalue weighted by molar-refractivity contribution is -0.122. The van der Waals surface area contributed by atoms with Gasteiger partial charge in [0.1, 0.15) is 0 Å². The minimum absolute atomic E-state index is 0.00996.